The smallest absolute Gasteiger partial charge is 0.160 e. The standard InChI is InChI=1S/C49H32N4/c1-4-14-33(15-5-1)34-24-26-36(27-25-34)44-32-43(35-16-6-2-7-17-35)51-49(52-44)38-30-28-37(29-31-38)47-48-46(40-20-10-12-22-42(40)50-47)41-21-11-13-23-45(41)53(48)39-18-8-3-9-19-39/h1-32H. The molecule has 53 heavy (non-hydrogen) atoms. The Morgan fingerprint density at radius 3 is 1.55 bits per heavy atom. The van der Waals surface area contributed by atoms with E-state index in [4.69, 9.17) is 15.0 Å². The molecule has 10 aromatic rings. The largest absolute Gasteiger partial charge is 0.307 e. The van der Waals surface area contributed by atoms with Crippen LogP contribution in [0.2, 0.25) is 0 Å². The van der Waals surface area contributed by atoms with Crippen molar-refractivity contribution in [2.75, 3.05) is 0 Å². The lowest BCUT2D eigenvalue weighted by Crippen LogP contribution is -1.98. The van der Waals surface area contributed by atoms with Crippen molar-refractivity contribution in [3.8, 4) is 62.0 Å². The third-order valence-corrected chi connectivity index (χ3v) is 10.0. The summed E-state index contributed by atoms with van der Waals surface area (Å²) in [6.45, 7) is 0. The summed E-state index contributed by atoms with van der Waals surface area (Å²) >= 11 is 0. The predicted octanol–water partition coefficient (Wildman–Crippen LogP) is 12.5. The average Bonchev–Trinajstić information content (AvgIpc) is 3.60. The molecule has 7 aromatic carbocycles. The van der Waals surface area contributed by atoms with Gasteiger partial charge in [0.1, 0.15) is 0 Å². The molecule has 0 saturated carbocycles. The number of hydrogen-bond acceptors (Lipinski definition) is 3. The van der Waals surface area contributed by atoms with E-state index in [0.717, 1.165) is 67.0 Å². The molecule has 0 atom stereocenters. The minimum atomic E-state index is 0.676. The molecular formula is C49H32N4. The monoisotopic (exact) mass is 676 g/mol. The van der Waals surface area contributed by atoms with Crippen LogP contribution in [0.4, 0.5) is 0 Å². The van der Waals surface area contributed by atoms with Crippen LogP contribution in [0.3, 0.4) is 0 Å². The summed E-state index contributed by atoms with van der Waals surface area (Å²) in [5.74, 6) is 0.676. The molecule has 248 valence electrons. The maximum atomic E-state index is 5.34. The van der Waals surface area contributed by atoms with Crippen LogP contribution in [0.5, 0.6) is 0 Å². The molecule has 0 saturated heterocycles. The highest BCUT2D eigenvalue weighted by molar-refractivity contribution is 6.23. The van der Waals surface area contributed by atoms with Gasteiger partial charge in [-0.2, -0.15) is 0 Å². The van der Waals surface area contributed by atoms with Gasteiger partial charge in [-0.3, -0.25) is 0 Å². The van der Waals surface area contributed by atoms with Gasteiger partial charge in [0.05, 0.1) is 33.6 Å². The van der Waals surface area contributed by atoms with Gasteiger partial charge < -0.3 is 4.57 Å². The highest BCUT2D eigenvalue weighted by Gasteiger charge is 2.21. The zero-order chi connectivity index (χ0) is 35.1. The number of aromatic nitrogens is 4. The summed E-state index contributed by atoms with van der Waals surface area (Å²) in [5.41, 5.74) is 13.4. The minimum Gasteiger partial charge on any atom is -0.307 e. The Balaban J connectivity index is 1.13. The molecule has 0 unspecified atom stereocenters. The molecule has 10 rings (SSSR count). The number of fused-ring (bicyclic) bond motifs is 5. The van der Waals surface area contributed by atoms with Crippen molar-refractivity contribution < 1.29 is 0 Å². The normalized spacial score (nSPS) is 11.4. The Hall–Kier alpha value is -7.17. The summed E-state index contributed by atoms with van der Waals surface area (Å²) in [6, 6.07) is 67.7. The van der Waals surface area contributed by atoms with Gasteiger partial charge in [0.15, 0.2) is 5.82 Å². The summed E-state index contributed by atoms with van der Waals surface area (Å²) in [4.78, 5) is 15.6. The summed E-state index contributed by atoms with van der Waals surface area (Å²) < 4.78 is 2.36. The first-order chi connectivity index (χ1) is 26.3. The summed E-state index contributed by atoms with van der Waals surface area (Å²) in [5, 5.41) is 3.55. The predicted molar refractivity (Wildman–Crippen MR) is 219 cm³/mol. The quantitative estimate of drug-likeness (QED) is 0.176. The van der Waals surface area contributed by atoms with E-state index in [0.29, 0.717) is 5.82 Å². The Kier molecular flexibility index (Phi) is 7.43. The van der Waals surface area contributed by atoms with Crippen molar-refractivity contribution in [1.29, 1.82) is 0 Å². The van der Waals surface area contributed by atoms with E-state index < -0.39 is 0 Å². The van der Waals surface area contributed by atoms with Gasteiger partial charge in [0.25, 0.3) is 0 Å². The molecule has 0 bridgehead atoms. The molecule has 0 aliphatic carbocycles. The van der Waals surface area contributed by atoms with Crippen LogP contribution in [-0.4, -0.2) is 19.5 Å². The molecule has 4 nitrogen and oxygen atoms in total. The van der Waals surface area contributed by atoms with Gasteiger partial charge >= 0.3 is 0 Å². The molecule has 0 N–H and O–H groups in total. The van der Waals surface area contributed by atoms with Crippen molar-refractivity contribution in [1.82, 2.24) is 19.5 Å². The zero-order valence-corrected chi connectivity index (χ0v) is 28.8. The number of nitrogens with zero attached hydrogens (tertiary/aromatic N) is 4. The van der Waals surface area contributed by atoms with Crippen molar-refractivity contribution in [2.45, 2.75) is 0 Å². The summed E-state index contributed by atoms with van der Waals surface area (Å²) in [7, 11) is 0. The molecule has 0 aliphatic heterocycles. The Morgan fingerprint density at radius 1 is 0.358 bits per heavy atom. The molecule has 3 aromatic heterocycles. The SMILES string of the molecule is c1ccc(-c2ccc(-c3cc(-c4ccccc4)nc(-c4ccc(-c5nc6ccccc6c6c7ccccc7n(-c7ccccc7)c56)cc4)n3)cc2)cc1. The zero-order valence-electron chi connectivity index (χ0n) is 28.8. The maximum absolute atomic E-state index is 5.34. The fraction of sp³-hybridized carbons (Fsp3) is 0. The number of hydrogen-bond donors (Lipinski definition) is 0. The molecular weight excluding hydrogens is 645 g/mol. The first-order valence-electron chi connectivity index (χ1n) is 17.9. The first-order valence-corrected chi connectivity index (χ1v) is 17.9. The molecule has 4 heteroatoms. The third kappa shape index (κ3) is 5.45. The number of para-hydroxylation sites is 3. The Morgan fingerprint density at radius 2 is 0.849 bits per heavy atom. The number of pyridine rings is 1. The molecule has 0 fully saturated rings. The molecule has 0 spiro atoms. The van der Waals surface area contributed by atoms with Crippen LogP contribution >= 0.6 is 0 Å². The molecule has 0 radical (unpaired) electrons. The fourth-order valence-corrected chi connectivity index (χ4v) is 7.46. The van der Waals surface area contributed by atoms with Crippen LogP contribution in [-0.2, 0) is 0 Å². The molecule has 0 aliphatic rings. The fourth-order valence-electron chi connectivity index (χ4n) is 7.46. The first kappa shape index (κ1) is 30.6. The molecule has 0 amide bonds. The van der Waals surface area contributed by atoms with Crippen LogP contribution in [0.25, 0.3) is 94.7 Å². The van der Waals surface area contributed by atoms with E-state index in [1.54, 1.807) is 0 Å². The van der Waals surface area contributed by atoms with E-state index in [-0.39, 0.29) is 0 Å². The second-order valence-electron chi connectivity index (χ2n) is 13.2. The second-order valence-corrected chi connectivity index (χ2v) is 13.2. The van der Waals surface area contributed by atoms with Crippen LogP contribution < -0.4 is 0 Å². The maximum Gasteiger partial charge on any atom is 0.160 e. The van der Waals surface area contributed by atoms with Crippen LogP contribution in [0.15, 0.2) is 194 Å². The topological polar surface area (TPSA) is 43.6 Å². The van der Waals surface area contributed by atoms with E-state index >= 15 is 0 Å². The summed E-state index contributed by atoms with van der Waals surface area (Å²) in [6.07, 6.45) is 0. The van der Waals surface area contributed by atoms with Crippen molar-refractivity contribution in [2.24, 2.45) is 0 Å². The van der Waals surface area contributed by atoms with E-state index in [1.807, 2.05) is 24.3 Å². The second kappa shape index (κ2) is 12.9. The van der Waals surface area contributed by atoms with E-state index in [1.165, 1.54) is 21.9 Å². The Bertz CT molecular complexity index is 2900. The van der Waals surface area contributed by atoms with Gasteiger partial charge in [-0.25, -0.2) is 15.0 Å². The lowest BCUT2D eigenvalue weighted by atomic mass is 10.0. The Labute approximate surface area is 307 Å². The highest BCUT2D eigenvalue weighted by atomic mass is 15.0. The van der Waals surface area contributed by atoms with Crippen molar-refractivity contribution >= 4 is 32.7 Å². The van der Waals surface area contributed by atoms with Gasteiger partial charge in [0, 0.05) is 44.1 Å². The van der Waals surface area contributed by atoms with Gasteiger partial charge in [-0.05, 0) is 41.5 Å². The van der Waals surface area contributed by atoms with E-state index in [2.05, 4.69) is 174 Å². The highest BCUT2D eigenvalue weighted by Crippen LogP contribution is 2.41. The minimum absolute atomic E-state index is 0.676. The number of rotatable bonds is 6. The third-order valence-electron chi connectivity index (χ3n) is 10.0. The van der Waals surface area contributed by atoms with Crippen molar-refractivity contribution in [3.63, 3.8) is 0 Å². The van der Waals surface area contributed by atoms with E-state index in [9.17, 15) is 0 Å². The average molecular weight is 677 g/mol. The van der Waals surface area contributed by atoms with Crippen molar-refractivity contribution in [3.05, 3.63) is 194 Å². The van der Waals surface area contributed by atoms with Gasteiger partial charge in [-0.15, -0.1) is 0 Å². The van der Waals surface area contributed by atoms with Gasteiger partial charge in [0.2, 0.25) is 0 Å². The van der Waals surface area contributed by atoms with Gasteiger partial charge in [-0.1, -0.05) is 164 Å². The van der Waals surface area contributed by atoms with Crippen LogP contribution in [0, 0.1) is 0 Å². The lowest BCUT2D eigenvalue weighted by molar-refractivity contribution is 1.17. The lowest BCUT2D eigenvalue weighted by Gasteiger charge is -2.13. The van der Waals surface area contributed by atoms with Crippen LogP contribution in [0.1, 0.15) is 0 Å². The molecule has 3 heterocycles. The number of benzene rings is 7.